The summed E-state index contributed by atoms with van der Waals surface area (Å²) < 4.78 is 69.2. The highest BCUT2D eigenvalue weighted by Crippen LogP contribution is 2.52. The van der Waals surface area contributed by atoms with Crippen LogP contribution in [0, 0.1) is 5.92 Å². The van der Waals surface area contributed by atoms with E-state index in [1.165, 1.54) is 0 Å². The molecule has 2 unspecified atom stereocenters. The minimum Gasteiger partial charge on any atom is -0.406 e. The number of benzene rings is 3. The van der Waals surface area contributed by atoms with Gasteiger partial charge in [-0.1, -0.05) is 48.5 Å². The third kappa shape index (κ3) is 4.19. The fourth-order valence-electron chi connectivity index (χ4n) is 5.25. The van der Waals surface area contributed by atoms with Gasteiger partial charge in [0.1, 0.15) is 5.75 Å². The van der Waals surface area contributed by atoms with Crippen molar-refractivity contribution < 1.29 is 31.4 Å². The van der Waals surface area contributed by atoms with Gasteiger partial charge in [-0.25, -0.2) is 13.1 Å². The summed E-state index contributed by atoms with van der Waals surface area (Å²) in [6.45, 7) is 0. The highest BCUT2D eigenvalue weighted by atomic mass is 32.2. The van der Waals surface area contributed by atoms with E-state index in [9.17, 15) is 26.7 Å². The van der Waals surface area contributed by atoms with E-state index in [-0.39, 0.29) is 16.7 Å². The summed E-state index contributed by atoms with van der Waals surface area (Å²) in [5, 5.41) is 11.2. The molecule has 2 N–H and O–H groups in total. The second-order valence-electron chi connectivity index (χ2n) is 8.63. The standard InChI is InChI=1S/C25H22F3NO4S/c26-25(27,28)33-15-9-11-16(12-10-15)34(31,32)29-22-14-13-21(24(22)30)23-19-7-3-1-5-17(19)18-6-2-4-8-20(18)23/h1-12,21-24,29-30H,13-14H2/t21?,22?,24-/m1/s1. The maximum atomic E-state index is 12.9. The van der Waals surface area contributed by atoms with Crippen LogP contribution in [0.15, 0.2) is 77.7 Å². The fraction of sp³-hybridized carbons (Fsp3) is 0.280. The van der Waals surface area contributed by atoms with Crippen molar-refractivity contribution in [3.05, 3.63) is 83.9 Å². The number of hydrogen-bond acceptors (Lipinski definition) is 4. The number of alkyl halides is 3. The number of nitrogens with one attached hydrogen (secondary N) is 1. The van der Waals surface area contributed by atoms with Crippen LogP contribution in [0.1, 0.15) is 29.9 Å². The first kappa shape index (κ1) is 22.9. The first-order chi connectivity index (χ1) is 16.1. The summed E-state index contributed by atoms with van der Waals surface area (Å²) in [6.07, 6.45) is -4.72. The molecule has 0 spiro atoms. The second kappa shape index (κ2) is 8.41. The van der Waals surface area contributed by atoms with Gasteiger partial charge in [0.15, 0.2) is 0 Å². The SMILES string of the molecule is O=S(=O)(NC1CCC(C2c3ccccc3-c3ccccc32)[C@H]1O)c1ccc(OC(F)(F)F)cc1. The Morgan fingerprint density at radius 1 is 0.853 bits per heavy atom. The van der Waals surface area contributed by atoms with Crippen molar-refractivity contribution in [3.8, 4) is 16.9 Å². The number of aliphatic hydroxyl groups is 1. The first-order valence-electron chi connectivity index (χ1n) is 10.9. The van der Waals surface area contributed by atoms with Crippen LogP contribution in [0.5, 0.6) is 5.75 Å². The molecule has 0 radical (unpaired) electrons. The van der Waals surface area contributed by atoms with Crippen LogP contribution in [-0.4, -0.2) is 32.0 Å². The molecule has 0 heterocycles. The quantitative estimate of drug-likeness (QED) is 0.539. The fourth-order valence-corrected chi connectivity index (χ4v) is 6.53. The Morgan fingerprint density at radius 2 is 1.41 bits per heavy atom. The number of rotatable bonds is 5. The van der Waals surface area contributed by atoms with E-state index in [1.54, 1.807) is 0 Å². The number of ether oxygens (including phenoxy) is 1. The predicted molar refractivity (Wildman–Crippen MR) is 120 cm³/mol. The van der Waals surface area contributed by atoms with Crippen molar-refractivity contribution >= 4 is 10.0 Å². The Labute approximate surface area is 195 Å². The molecule has 9 heteroatoms. The topological polar surface area (TPSA) is 75.6 Å². The van der Waals surface area contributed by atoms with E-state index in [2.05, 4.69) is 33.7 Å². The van der Waals surface area contributed by atoms with Crippen LogP contribution < -0.4 is 9.46 Å². The van der Waals surface area contributed by atoms with Gasteiger partial charge in [-0.05, 0) is 65.3 Å². The lowest BCUT2D eigenvalue weighted by Crippen LogP contribution is -2.42. The molecule has 0 aromatic heterocycles. The molecule has 0 bridgehead atoms. The summed E-state index contributed by atoms with van der Waals surface area (Å²) in [7, 11) is -4.05. The monoisotopic (exact) mass is 489 g/mol. The maximum Gasteiger partial charge on any atom is 0.573 e. The van der Waals surface area contributed by atoms with Crippen molar-refractivity contribution in [1.29, 1.82) is 0 Å². The first-order valence-corrected chi connectivity index (χ1v) is 12.4. The summed E-state index contributed by atoms with van der Waals surface area (Å²) in [4.78, 5) is -0.200. The van der Waals surface area contributed by atoms with Gasteiger partial charge in [-0.2, -0.15) is 0 Å². The Kier molecular flexibility index (Phi) is 5.66. The van der Waals surface area contributed by atoms with Gasteiger partial charge >= 0.3 is 6.36 Å². The Morgan fingerprint density at radius 3 is 1.97 bits per heavy atom. The number of aliphatic hydroxyl groups excluding tert-OH is 1. The molecule has 3 atom stereocenters. The van der Waals surface area contributed by atoms with E-state index in [0.717, 1.165) is 46.5 Å². The van der Waals surface area contributed by atoms with Crippen LogP contribution in [0.2, 0.25) is 0 Å². The summed E-state index contributed by atoms with van der Waals surface area (Å²) in [6, 6.07) is 19.4. The second-order valence-corrected chi connectivity index (χ2v) is 10.3. The molecule has 1 saturated carbocycles. The van der Waals surface area contributed by atoms with E-state index in [4.69, 9.17) is 0 Å². The molecule has 1 fully saturated rings. The smallest absolute Gasteiger partial charge is 0.406 e. The van der Waals surface area contributed by atoms with Gasteiger partial charge in [0.25, 0.3) is 0 Å². The lowest BCUT2D eigenvalue weighted by Gasteiger charge is -2.27. The molecule has 2 aliphatic carbocycles. The van der Waals surface area contributed by atoms with Gasteiger partial charge in [0, 0.05) is 12.0 Å². The average Bonchev–Trinajstić information content (AvgIpc) is 3.30. The highest BCUT2D eigenvalue weighted by Gasteiger charge is 2.45. The van der Waals surface area contributed by atoms with Crippen molar-refractivity contribution in [2.75, 3.05) is 0 Å². The Hall–Kier alpha value is -2.88. The number of hydrogen-bond donors (Lipinski definition) is 2. The Balaban J connectivity index is 1.35. The molecule has 0 saturated heterocycles. The van der Waals surface area contributed by atoms with Gasteiger partial charge in [0.05, 0.1) is 11.0 Å². The molecule has 5 rings (SSSR count). The summed E-state index contributed by atoms with van der Waals surface area (Å²) >= 11 is 0. The molecule has 3 aromatic rings. The van der Waals surface area contributed by atoms with Crippen LogP contribution in [0.3, 0.4) is 0 Å². The lowest BCUT2D eigenvalue weighted by atomic mass is 9.82. The molecule has 0 amide bonds. The molecular weight excluding hydrogens is 467 g/mol. The van der Waals surface area contributed by atoms with Crippen LogP contribution >= 0.6 is 0 Å². The molecule has 34 heavy (non-hydrogen) atoms. The lowest BCUT2D eigenvalue weighted by molar-refractivity contribution is -0.274. The normalized spacial score (nSPS) is 22.4. The maximum absolute atomic E-state index is 12.9. The van der Waals surface area contributed by atoms with Gasteiger partial charge in [-0.3, -0.25) is 0 Å². The third-order valence-electron chi connectivity index (χ3n) is 6.65. The van der Waals surface area contributed by atoms with E-state index < -0.39 is 34.3 Å². The number of fused-ring (bicyclic) bond motifs is 3. The predicted octanol–water partition coefficient (Wildman–Crippen LogP) is 4.82. The van der Waals surface area contributed by atoms with Crippen LogP contribution in [0.4, 0.5) is 13.2 Å². The van der Waals surface area contributed by atoms with Gasteiger partial charge < -0.3 is 9.84 Å². The minimum absolute atomic E-state index is 0.0456. The molecule has 3 aromatic carbocycles. The zero-order valence-corrected chi connectivity index (χ0v) is 18.7. The zero-order chi connectivity index (χ0) is 24.1. The van der Waals surface area contributed by atoms with Crippen molar-refractivity contribution in [3.63, 3.8) is 0 Å². The molecule has 2 aliphatic rings. The van der Waals surface area contributed by atoms with E-state index in [0.29, 0.717) is 12.8 Å². The van der Waals surface area contributed by atoms with Crippen molar-refractivity contribution in [1.82, 2.24) is 4.72 Å². The molecular formula is C25H22F3NO4S. The Bertz CT molecular complexity index is 1260. The molecule has 0 aliphatic heterocycles. The largest absolute Gasteiger partial charge is 0.573 e. The average molecular weight is 490 g/mol. The number of sulfonamides is 1. The summed E-state index contributed by atoms with van der Waals surface area (Å²) in [5.41, 5.74) is 4.49. The van der Waals surface area contributed by atoms with Gasteiger partial charge in [-0.15, -0.1) is 13.2 Å². The van der Waals surface area contributed by atoms with Crippen LogP contribution in [-0.2, 0) is 10.0 Å². The summed E-state index contributed by atoms with van der Waals surface area (Å²) in [5.74, 6) is -0.734. The molecule has 178 valence electrons. The van der Waals surface area contributed by atoms with Crippen molar-refractivity contribution in [2.24, 2.45) is 5.92 Å². The van der Waals surface area contributed by atoms with E-state index in [1.807, 2.05) is 24.3 Å². The van der Waals surface area contributed by atoms with Crippen LogP contribution in [0.25, 0.3) is 11.1 Å². The van der Waals surface area contributed by atoms with Crippen molar-refractivity contribution in [2.45, 2.75) is 42.2 Å². The number of halogens is 3. The minimum atomic E-state index is -4.86. The zero-order valence-electron chi connectivity index (χ0n) is 17.9. The van der Waals surface area contributed by atoms with E-state index >= 15 is 0 Å². The third-order valence-corrected chi connectivity index (χ3v) is 8.15. The highest BCUT2D eigenvalue weighted by molar-refractivity contribution is 7.89. The van der Waals surface area contributed by atoms with Gasteiger partial charge in [0.2, 0.25) is 10.0 Å². The molecule has 5 nitrogen and oxygen atoms in total.